The summed E-state index contributed by atoms with van der Waals surface area (Å²) in [6.07, 6.45) is 4.28. The predicted octanol–water partition coefficient (Wildman–Crippen LogP) is 1.10. The van der Waals surface area contributed by atoms with E-state index >= 15 is 0 Å². The topological polar surface area (TPSA) is 77.2 Å². The van der Waals surface area contributed by atoms with Gasteiger partial charge >= 0.3 is 0 Å². The third kappa shape index (κ3) is 3.69. The molecule has 1 fully saturated rings. The second-order valence-corrected chi connectivity index (χ2v) is 5.19. The second kappa shape index (κ2) is 6.72. The van der Waals surface area contributed by atoms with Gasteiger partial charge in [-0.25, -0.2) is 5.84 Å². The number of hydrogen-bond acceptors (Lipinski definition) is 5. The Morgan fingerprint density at radius 2 is 2.50 bits per heavy atom. The van der Waals surface area contributed by atoms with Crippen molar-refractivity contribution in [1.82, 2.24) is 10.4 Å². The first-order chi connectivity index (χ1) is 8.79. The number of hydrogen-bond donors (Lipinski definition) is 2. The number of thioether (sulfide) groups is 1. The largest absolute Gasteiger partial charge is 0.377 e. The Bertz CT molecular complexity index is 391. The van der Waals surface area contributed by atoms with Gasteiger partial charge < -0.3 is 4.74 Å². The average Bonchev–Trinajstić information content (AvgIpc) is 2.92. The van der Waals surface area contributed by atoms with Crippen LogP contribution in [0, 0.1) is 0 Å². The number of nitrogens with two attached hydrogens (primary N) is 1. The van der Waals surface area contributed by atoms with E-state index in [0.717, 1.165) is 30.2 Å². The lowest BCUT2D eigenvalue weighted by molar-refractivity contribution is 0.0953. The van der Waals surface area contributed by atoms with Crippen LogP contribution >= 0.6 is 11.8 Å². The Morgan fingerprint density at radius 3 is 3.11 bits per heavy atom. The number of ether oxygens (including phenoxy) is 1. The molecule has 0 spiro atoms. The summed E-state index contributed by atoms with van der Waals surface area (Å²) in [5.41, 5.74) is 3.52. The van der Waals surface area contributed by atoms with Crippen LogP contribution in [0.2, 0.25) is 0 Å². The van der Waals surface area contributed by atoms with Gasteiger partial charge in [-0.1, -0.05) is 0 Å². The zero-order valence-electron chi connectivity index (χ0n) is 10.1. The number of nitrogen functional groups attached to an aromatic ring is 1. The first-order valence-corrected chi connectivity index (χ1v) is 7.10. The molecule has 5 nitrogen and oxygen atoms in total. The molecule has 6 heteroatoms. The predicted molar refractivity (Wildman–Crippen MR) is 71.0 cm³/mol. The molecule has 1 amide bonds. The lowest BCUT2D eigenvalue weighted by Gasteiger charge is -2.08. The maximum absolute atomic E-state index is 11.2. The van der Waals surface area contributed by atoms with Crippen molar-refractivity contribution in [2.75, 3.05) is 12.4 Å². The van der Waals surface area contributed by atoms with Crippen LogP contribution in [-0.4, -0.2) is 29.4 Å². The van der Waals surface area contributed by atoms with E-state index in [4.69, 9.17) is 10.6 Å². The molecule has 18 heavy (non-hydrogen) atoms. The van der Waals surface area contributed by atoms with Crippen molar-refractivity contribution < 1.29 is 9.53 Å². The minimum Gasteiger partial charge on any atom is -0.377 e. The van der Waals surface area contributed by atoms with Crippen molar-refractivity contribution in [3.05, 3.63) is 29.6 Å². The maximum Gasteiger partial charge on any atom is 0.266 e. The normalized spacial score (nSPS) is 18.8. The van der Waals surface area contributed by atoms with E-state index < -0.39 is 0 Å². The van der Waals surface area contributed by atoms with Gasteiger partial charge in [-0.3, -0.25) is 15.2 Å². The summed E-state index contributed by atoms with van der Waals surface area (Å²) in [5, 5.41) is 0. The maximum atomic E-state index is 11.2. The Balaban J connectivity index is 1.77. The van der Waals surface area contributed by atoms with Crippen molar-refractivity contribution in [1.29, 1.82) is 0 Å². The second-order valence-electron chi connectivity index (χ2n) is 4.16. The fourth-order valence-corrected chi connectivity index (χ4v) is 2.82. The van der Waals surface area contributed by atoms with Crippen molar-refractivity contribution in [2.24, 2.45) is 5.84 Å². The average molecular weight is 267 g/mol. The third-order valence-electron chi connectivity index (χ3n) is 2.80. The van der Waals surface area contributed by atoms with E-state index in [2.05, 4.69) is 10.4 Å². The molecular weight excluding hydrogens is 250 g/mol. The zero-order chi connectivity index (χ0) is 12.8. The number of nitrogens with one attached hydrogen (secondary N) is 1. The van der Waals surface area contributed by atoms with E-state index in [-0.39, 0.29) is 5.91 Å². The first kappa shape index (κ1) is 13.3. The van der Waals surface area contributed by atoms with Gasteiger partial charge in [-0.2, -0.15) is 11.8 Å². The fourth-order valence-electron chi connectivity index (χ4n) is 1.80. The molecule has 0 aromatic carbocycles. The van der Waals surface area contributed by atoms with Gasteiger partial charge in [0.25, 0.3) is 5.91 Å². The van der Waals surface area contributed by atoms with Gasteiger partial charge in [-0.15, -0.1) is 0 Å². The molecular formula is C12H17N3O2S. The molecule has 1 aliphatic rings. The monoisotopic (exact) mass is 267 g/mol. The van der Waals surface area contributed by atoms with Crippen LogP contribution in [0.5, 0.6) is 0 Å². The smallest absolute Gasteiger partial charge is 0.266 e. The molecule has 2 heterocycles. The van der Waals surface area contributed by atoms with E-state index in [1.807, 2.05) is 17.8 Å². The molecule has 1 aromatic rings. The molecule has 1 atom stereocenters. The van der Waals surface area contributed by atoms with Crippen LogP contribution in [-0.2, 0) is 10.5 Å². The molecule has 0 radical (unpaired) electrons. The summed E-state index contributed by atoms with van der Waals surface area (Å²) < 4.78 is 5.55. The molecule has 3 N–H and O–H groups in total. The van der Waals surface area contributed by atoms with Crippen molar-refractivity contribution in [3.63, 3.8) is 0 Å². The number of carbonyl (C=O) groups excluding carboxylic acids is 1. The highest BCUT2D eigenvalue weighted by atomic mass is 32.2. The molecule has 0 aliphatic carbocycles. The molecule has 2 rings (SSSR count). The number of hydrazine groups is 1. The van der Waals surface area contributed by atoms with Crippen LogP contribution in [0.3, 0.4) is 0 Å². The van der Waals surface area contributed by atoms with E-state index in [1.54, 1.807) is 12.3 Å². The van der Waals surface area contributed by atoms with Gasteiger partial charge in [0.1, 0.15) is 0 Å². The highest BCUT2D eigenvalue weighted by Crippen LogP contribution is 2.19. The standard InChI is InChI=1S/C12H17N3O2S/c13-15-12(16)9-3-4-10(14-6-9)7-18-8-11-2-1-5-17-11/h3-4,6,11H,1-2,5,7-8,13H2,(H,15,16). The van der Waals surface area contributed by atoms with Gasteiger partial charge in [0.05, 0.1) is 17.4 Å². The summed E-state index contributed by atoms with van der Waals surface area (Å²) in [7, 11) is 0. The van der Waals surface area contributed by atoms with Crippen molar-refractivity contribution >= 4 is 17.7 Å². The van der Waals surface area contributed by atoms with Gasteiger partial charge in [0.15, 0.2) is 0 Å². The Hall–Kier alpha value is -1.11. The molecule has 98 valence electrons. The molecule has 1 aromatic heterocycles. The molecule has 1 aliphatic heterocycles. The van der Waals surface area contributed by atoms with E-state index in [0.29, 0.717) is 11.7 Å². The summed E-state index contributed by atoms with van der Waals surface area (Å²) >= 11 is 1.81. The van der Waals surface area contributed by atoms with Crippen molar-refractivity contribution in [3.8, 4) is 0 Å². The molecule has 0 bridgehead atoms. The first-order valence-electron chi connectivity index (χ1n) is 5.95. The van der Waals surface area contributed by atoms with Crippen LogP contribution in [0.4, 0.5) is 0 Å². The Labute approximate surface area is 110 Å². The SMILES string of the molecule is NNC(=O)c1ccc(CSCC2CCCO2)nc1. The lowest BCUT2D eigenvalue weighted by Crippen LogP contribution is -2.30. The Kier molecular flexibility index (Phi) is 4.98. The van der Waals surface area contributed by atoms with Crippen LogP contribution < -0.4 is 11.3 Å². The van der Waals surface area contributed by atoms with Gasteiger partial charge in [0.2, 0.25) is 0 Å². The number of pyridine rings is 1. The number of carbonyl (C=O) groups is 1. The van der Waals surface area contributed by atoms with Gasteiger partial charge in [0, 0.05) is 24.3 Å². The molecule has 1 saturated heterocycles. The molecule has 0 saturated carbocycles. The van der Waals surface area contributed by atoms with Gasteiger partial charge in [-0.05, 0) is 25.0 Å². The fraction of sp³-hybridized carbons (Fsp3) is 0.500. The van der Waals surface area contributed by atoms with Crippen LogP contribution in [0.25, 0.3) is 0 Å². The highest BCUT2D eigenvalue weighted by molar-refractivity contribution is 7.98. The number of rotatable bonds is 5. The third-order valence-corrected chi connectivity index (χ3v) is 3.90. The van der Waals surface area contributed by atoms with E-state index in [9.17, 15) is 4.79 Å². The number of nitrogens with zero attached hydrogens (tertiary/aromatic N) is 1. The van der Waals surface area contributed by atoms with Crippen LogP contribution in [0.15, 0.2) is 18.3 Å². The highest BCUT2D eigenvalue weighted by Gasteiger charge is 2.15. The quantitative estimate of drug-likeness (QED) is 0.474. The van der Waals surface area contributed by atoms with E-state index in [1.165, 1.54) is 6.42 Å². The lowest BCUT2D eigenvalue weighted by atomic mass is 10.2. The minimum atomic E-state index is -0.318. The zero-order valence-corrected chi connectivity index (χ0v) is 10.9. The minimum absolute atomic E-state index is 0.318. The summed E-state index contributed by atoms with van der Waals surface area (Å²) in [6.45, 7) is 0.895. The Morgan fingerprint density at radius 1 is 1.61 bits per heavy atom. The number of amides is 1. The van der Waals surface area contributed by atoms with Crippen molar-refractivity contribution in [2.45, 2.75) is 24.7 Å². The molecule has 1 unspecified atom stereocenters. The summed E-state index contributed by atoms with van der Waals surface area (Å²) in [4.78, 5) is 15.4. The number of aromatic nitrogens is 1. The summed E-state index contributed by atoms with van der Waals surface area (Å²) in [5.74, 6) is 6.57. The summed E-state index contributed by atoms with van der Waals surface area (Å²) in [6, 6.07) is 3.59. The van der Waals surface area contributed by atoms with Crippen LogP contribution in [0.1, 0.15) is 28.9 Å².